The number of piperidine rings is 1. The molecular weight excluding hydrogens is 306 g/mol. The summed E-state index contributed by atoms with van der Waals surface area (Å²) in [6.45, 7) is 2.19. The van der Waals surface area contributed by atoms with E-state index in [1.165, 1.54) is 12.8 Å². The standard InChI is InChI=1S/C14H16BrN3O/c15-12-3-1-11(2-4-12)14-17-13(19-18-14)9-10-5-7-16-8-6-10/h1-4,10,16H,5-9H2. The summed E-state index contributed by atoms with van der Waals surface area (Å²) in [6.07, 6.45) is 3.28. The third-order valence-electron chi connectivity index (χ3n) is 3.49. The van der Waals surface area contributed by atoms with Crippen LogP contribution in [0.15, 0.2) is 33.3 Å². The van der Waals surface area contributed by atoms with Crippen LogP contribution in [0, 0.1) is 5.92 Å². The lowest BCUT2D eigenvalue weighted by Crippen LogP contribution is -2.28. The highest BCUT2D eigenvalue weighted by Gasteiger charge is 2.17. The highest BCUT2D eigenvalue weighted by Crippen LogP contribution is 2.21. The molecule has 0 atom stereocenters. The molecule has 1 fully saturated rings. The monoisotopic (exact) mass is 321 g/mol. The topological polar surface area (TPSA) is 51.0 Å². The Morgan fingerprint density at radius 2 is 1.95 bits per heavy atom. The van der Waals surface area contributed by atoms with Gasteiger partial charge in [-0.05, 0) is 56.1 Å². The van der Waals surface area contributed by atoms with Gasteiger partial charge >= 0.3 is 0 Å². The van der Waals surface area contributed by atoms with Gasteiger partial charge in [-0.2, -0.15) is 4.98 Å². The maximum atomic E-state index is 5.36. The number of nitrogens with one attached hydrogen (secondary N) is 1. The summed E-state index contributed by atoms with van der Waals surface area (Å²) in [7, 11) is 0. The van der Waals surface area contributed by atoms with E-state index in [1.54, 1.807) is 0 Å². The van der Waals surface area contributed by atoms with Crippen molar-refractivity contribution in [1.29, 1.82) is 0 Å². The Hall–Kier alpha value is -1.20. The van der Waals surface area contributed by atoms with Gasteiger partial charge in [0.15, 0.2) is 0 Å². The maximum Gasteiger partial charge on any atom is 0.227 e. The van der Waals surface area contributed by atoms with Crippen molar-refractivity contribution in [3.05, 3.63) is 34.6 Å². The van der Waals surface area contributed by atoms with Crippen LogP contribution in [-0.2, 0) is 6.42 Å². The number of rotatable bonds is 3. The summed E-state index contributed by atoms with van der Waals surface area (Å²) in [6, 6.07) is 7.95. The summed E-state index contributed by atoms with van der Waals surface area (Å²) < 4.78 is 6.41. The van der Waals surface area contributed by atoms with Gasteiger partial charge in [0.1, 0.15) is 0 Å². The minimum absolute atomic E-state index is 0.666. The van der Waals surface area contributed by atoms with Gasteiger partial charge in [-0.1, -0.05) is 21.1 Å². The number of aromatic nitrogens is 2. The average molecular weight is 322 g/mol. The van der Waals surface area contributed by atoms with Crippen LogP contribution in [0.3, 0.4) is 0 Å². The lowest BCUT2D eigenvalue weighted by Gasteiger charge is -2.20. The summed E-state index contributed by atoms with van der Waals surface area (Å²) in [5.41, 5.74) is 0.989. The maximum absolute atomic E-state index is 5.36. The molecule has 1 aromatic carbocycles. The van der Waals surface area contributed by atoms with Crippen molar-refractivity contribution in [2.24, 2.45) is 5.92 Å². The van der Waals surface area contributed by atoms with Crippen LogP contribution in [0.4, 0.5) is 0 Å². The zero-order valence-corrected chi connectivity index (χ0v) is 12.2. The number of hydrogen-bond acceptors (Lipinski definition) is 4. The molecule has 1 aliphatic rings. The molecule has 1 saturated heterocycles. The molecule has 2 heterocycles. The summed E-state index contributed by atoms with van der Waals surface area (Å²) in [5, 5.41) is 7.43. The first-order valence-electron chi connectivity index (χ1n) is 6.60. The molecule has 100 valence electrons. The Bertz CT molecular complexity index is 532. The average Bonchev–Trinajstić information content (AvgIpc) is 2.89. The van der Waals surface area contributed by atoms with E-state index in [9.17, 15) is 0 Å². The molecule has 0 spiro atoms. The number of nitrogens with zero attached hydrogens (tertiary/aromatic N) is 2. The molecule has 2 aromatic rings. The molecule has 1 N–H and O–H groups in total. The second-order valence-electron chi connectivity index (χ2n) is 4.92. The number of hydrogen-bond donors (Lipinski definition) is 1. The quantitative estimate of drug-likeness (QED) is 0.944. The Labute approximate surface area is 120 Å². The Morgan fingerprint density at radius 3 is 2.68 bits per heavy atom. The van der Waals surface area contributed by atoms with E-state index in [2.05, 4.69) is 31.4 Å². The molecule has 1 aliphatic heterocycles. The van der Waals surface area contributed by atoms with Crippen LogP contribution in [0.2, 0.25) is 0 Å². The van der Waals surface area contributed by atoms with Crippen molar-refractivity contribution in [3.8, 4) is 11.4 Å². The van der Waals surface area contributed by atoms with E-state index >= 15 is 0 Å². The highest BCUT2D eigenvalue weighted by atomic mass is 79.9. The van der Waals surface area contributed by atoms with E-state index < -0.39 is 0 Å². The Morgan fingerprint density at radius 1 is 1.21 bits per heavy atom. The van der Waals surface area contributed by atoms with E-state index in [0.29, 0.717) is 11.7 Å². The molecule has 0 aliphatic carbocycles. The first-order valence-corrected chi connectivity index (χ1v) is 7.40. The summed E-state index contributed by atoms with van der Waals surface area (Å²) >= 11 is 3.42. The molecular formula is C14H16BrN3O. The van der Waals surface area contributed by atoms with Crippen molar-refractivity contribution in [3.63, 3.8) is 0 Å². The SMILES string of the molecule is Brc1ccc(-c2noc(CC3CCNCC3)n2)cc1. The van der Waals surface area contributed by atoms with E-state index in [1.807, 2.05) is 24.3 Å². The van der Waals surface area contributed by atoms with Gasteiger partial charge in [-0.3, -0.25) is 0 Å². The minimum atomic E-state index is 0.666. The normalized spacial score (nSPS) is 16.7. The zero-order chi connectivity index (χ0) is 13.1. The Kier molecular flexibility index (Phi) is 3.94. The fraction of sp³-hybridized carbons (Fsp3) is 0.429. The molecule has 0 radical (unpaired) electrons. The minimum Gasteiger partial charge on any atom is -0.339 e. The predicted octanol–water partition coefficient (Wildman–Crippen LogP) is 3.04. The Balaban J connectivity index is 1.70. The van der Waals surface area contributed by atoms with Crippen LogP contribution >= 0.6 is 15.9 Å². The largest absolute Gasteiger partial charge is 0.339 e. The van der Waals surface area contributed by atoms with Gasteiger partial charge in [-0.15, -0.1) is 0 Å². The van der Waals surface area contributed by atoms with Crippen LogP contribution in [0.1, 0.15) is 18.7 Å². The summed E-state index contributed by atoms with van der Waals surface area (Å²) in [5.74, 6) is 2.10. The first-order chi connectivity index (χ1) is 9.31. The fourth-order valence-electron chi connectivity index (χ4n) is 2.39. The van der Waals surface area contributed by atoms with Crippen LogP contribution < -0.4 is 5.32 Å². The molecule has 0 bridgehead atoms. The third-order valence-corrected chi connectivity index (χ3v) is 4.02. The molecule has 0 amide bonds. The van der Waals surface area contributed by atoms with Gasteiger partial charge in [0.05, 0.1) is 0 Å². The van der Waals surface area contributed by atoms with Crippen LogP contribution in [0.25, 0.3) is 11.4 Å². The fourth-order valence-corrected chi connectivity index (χ4v) is 2.65. The molecule has 1 aromatic heterocycles. The zero-order valence-electron chi connectivity index (χ0n) is 10.6. The third kappa shape index (κ3) is 3.22. The molecule has 19 heavy (non-hydrogen) atoms. The van der Waals surface area contributed by atoms with Crippen molar-refractivity contribution in [2.45, 2.75) is 19.3 Å². The van der Waals surface area contributed by atoms with E-state index in [-0.39, 0.29) is 0 Å². The number of benzene rings is 1. The number of halogens is 1. The molecule has 0 unspecified atom stereocenters. The van der Waals surface area contributed by atoms with E-state index in [4.69, 9.17) is 4.52 Å². The van der Waals surface area contributed by atoms with Crippen molar-refractivity contribution in [2.75, 3.05) is 13.1 Å². The van der Waals surface area contributed by atoms with Gasteiger partial charge in [-0.25, -0.2) is 0 Å². The van der Waals surface area contributed by atoms with Gasteiger partial charge in [0.25, 0.3) is 0 Å². The van der Waals surface area contributed by atoms with Gasteiger partial charge in [0.2, 0.25) is 11.7 Å². The van der Waals surface area contributed by atoms with E-state index in [0.717, 1.165) is 35.4 Å². The van der Waals surface area contributed by atoms with Gasteiger partial charge in [0, 0.05) is 16.5 Å². The lowest BCUT2D eigenvalue weighted by molar-refractivity contribution is 0.313. The second-order valence-corrected chi connectivity index (χ2v) is 5.83. The predicted molar refractivity (Wildman–Crippen MR) is 76.7 cm³/mol. The van der Waals surface area contributed by atoms with Crippen molar-refractivity contribution in [1.82, 2.24) is 15.5 Å². The molecule has 3 rings (SSSR count). The van der Waals surface area contributed by atoms with Crippen LogP contribution in [0.5, 0.6) is 0 Å². The van der Waals surface area contributed by atoms with Crippen molar-refractivity contribution >= 4 is 15.9 Å². The van der Waals surface area contributed by atoms with Crippen LogP contribution in [-0.4, -0.2) is 23.2 Å². The first kappa shape index (κ1) is 12.8. The molecule has 4 nitrogen and oxygen atoms in total. The molecule has 0 saturated carbocycles. The second kappa shape index (κ2) is 5.84. The smallest absolute Gasteiger partial charge is 0.227 e. The summed E-state index contributed by atoms with van der Waals surface area (Å²) in [4.78, 5) is 4.49. The highest BCUT2D eigenvalue weighted by molar-refractivity contribution is 9.10. The van der Waals surface area contributed by atoms with Crippen molar-refractivity contribution < 1.29 is 4.52 Å². The van der Waals surface area contributed by atoms with Gasteiger partial charge < -0.3 is 9.84 Å². The lowest BCUT2D eigenvalue weighted by atomic mass is 9.95. The molecule has 5 heteroatoms.